The minimum atomic E-state index is -0.760. The van der Waals surface area contributed by atoms with Gasteiger partial charge in [0.25, 0.3) is 5.91 Å². The van der Waals surface area contributed by atoms with E-state index in [4.69, 9.17) is 11.6 Å². The average Bonchev–Trinajstić information content (AvgIpc) is 2.37. The number of hydrogen-bond donors (Lipinski definition) is 1. The number of piperidine rings is 1. The quantitative estimate of drug-likeness (QED) is 0.836. The standard InChI is InChI=1S/C14H18ClNO2/c1-14(18)7-2-8-16(10-14)13(17)12-5-3-11(9-15)4-6-12/h3-6,18H,2,7-10H2,1H3. The maximum Gasteiger partial charge on any atom is 0.253 e. The van der Waals surface area contributed by atoms with Gasteiger partial charge in [-0.3, -0.25) is 4.79 Å². The maximum atomic E-state index is 12.3. The Hall–Kier alpha value is -1.06. The van der Waals surface area contributed by atoms with Crippen LogP contribution in [0.5, 0.6) is 0 Å². The highest BCUT2D eigenvalue weighted by atomic mass is 35.5. The zero-order chi connectivity index (χ0) is 13.2. The summed E-state index contributed by atoms with van der Waals surface area (Å²) in [5, 5.41) is 10.0. The highest BCUT2D eigenvalue weighted by Crippen LogP contribution is 2.22. The molecule has 1 aliphatic heterocycles. The molecule has 1 aromatic carbocycles. The van der Waals surface area contributed by atoms with Gasteiger partial charge in [0.1, 0.15) is 0 Å². The molecule has 1 N–H and O–H groups in total. The van der Waals surface area contributed by atoms with E-state index in [1.54, 1.807) is 24.0 Å². The summed E-state index contributed by atoms with van der Waals surface area (Å²) < 4.78 is 0. The summed E-state index contributed by atoms with van der Waals surface area (Å²) in [4.78, 5) is 14.0. The van der Waals surface area contributed by atoms with E-state index in [9.17, 15) is 9.90 Å². The topological polar surface area (TPSA) is 40.5 Å². The van der Waals surface area contributed by atoms with E-state index < -0.39 is 5.60 Å². The van der Waals surface area contributed by atoms with E-state index in [0.29, 0.717) is 24.5 Å². The van der Waals surface area contributed by atoms with E-state index in [1.165, 1.54) is 0 Å². The van der Waals surface area contributed by atoms with E-state index in [0.717, 1.165) is 18.4 Å². The Kier molecular flexibility index (Phi) is 3.93. The van der Waals surface area contributed by atoms with Crippen LogP contribution in [0.25, 0.3) is 0 Å². The Morgan fingerprint density at radius 1 is 1.44 bits per heavy atom. The summed E-state index contributed by atoms with van der Waals surface area (Å²) in [7, 11) is 0. The monoisotopic (exact) mass is 267 g/mol. The van der Waals surface area contributed by atoms with E-state index in [1.807, 2.05) is 12.1 Å². The number of alkyl halides is 1. The first kappa shape index (κ1) is 13.4. The Balaban J connectivity index is 2.10. The third kappa shape index (κ3) is 3.03. The van der Waals surface area contributed by atoms with Gasteiger partial charge >= 0.3 is 0 Å². The molecule has 0 spiro atoms. The predicted octanol–water partition coefficient (Wildman–Crippen LogP) is 2.41. The van der Waals surface area contributed by atoms with Crippen molar-refractivity contribution in [1.29, 1.82) is 0 Å². The maximum absolute atomic E-state index is 12.3. The lowest BCUT2D eigenvalue weighted by atomic mass is 9.94. The zero-order valence-electron chi connectivity index (χ0n) is 10.5. The lowest BCUT2D eigenvalue weighted by Gasteiger charge is -2.36. The number of rotatable bonds is 2. The molecule has 18 heavy (non-hydrogen) atoms. The minimum absolute atomic E-state index is 0.0175. The van der Waals surface area contributed by atoms with Gasteiger partial charge in [-0.1, -0.05) is 12.1 Å². The first-order chi connectivity index (χ1) is 8.52. The van der Waals surface area contributed by atoms with Crippen molar-refractivity contribution in [1.82, 2.24) is 4.90 Å². The first-order valence-corrected chi connectivity index (χ1v) is 6.72. The highest BCUT2D eigenvalue weighted by molar-refractivity contribution is 6.17. The summed E-state index contributed by atoms with van der Waals surface area (Å²) in [6.45, 7) is 2.90. The molecule has 1 heterocycles. The van der Waals surface area contributed by atoms with Crippen LogP contribution in [0, 0.1) is 0 Å². The zero-order valence-corrected chi connectivity index (χ0v) is 11.3. The van der Waals surface area contributed by atoms with Gasteiger partial charge in [-0.15, -0.1) is 11.6 Å². The number of carbonyl (C=O) groups is 1. The van der Waals surface area contributed by atoms with Gasteiger partial charge in [-0.2, -0.15) is 0 Å². The molecular formula is C14H18ClNO2. The van der Waals surface area contributed by atoms with Gasteiger partial charge in [0.2, 0.25) is 0 Å². The molecule has 1 aliphatic rings. The lowest BCUT2D eigenvalue weighted by Crippen LogP contribution is -2.48. The number of β-amino-alcohol motifs (C(OH)–C–C–N with tert-alkyl or cyclic N) is 1. The first-order valence-electron chi connectivity index (χ1n) is 6.18. The van der Waals surface area contributed by atoms with Gasteiger partial charge in [-0.05, 0) is 37.5 Å². The third-order valence-electron chi connectivity index (χ3n) is 3.32. The molecule has 98 valence electrons. The molecule has 4 heteroatoms. The van der Waals surface area contributed by atoms with Crippen LogP contribution >= 0.6 is 11.6 Å². The molecule has 1 fully saturated rings. The summed E-state index contributed by atoms with van der Waals surface area (Å²) >= 11 is 5.72. The smallest absolute Gasteiger partial charge is 0.253 e. The van der Waals surface area contributed by atoms with Gasteiger partial charge in [0.05, 0.1) is 5.60 Å². The minimum Gasteiger partial charge on any atom is -0.388 e. The van der Waals surface area contributed by atoms with Crippen molar-refractivity contribution in [3.63, 3.8) is 0 Å². The van der Waals surface area contributed by atoms with Crippen LogP contribution in [0.1, 0.15) is 35.7 Å². The normalized spacial score (nSPS) is 24.1. The average molecular weight is 268 g/mol. The highest BCUT2D eigenvalue weighted by Gasteiger charge is 2.31. The largest absolute Gasteiger partial charge is 0.388 e. The SMILES string of the molecule is CC1(O)CCCN(C(=O)c2ccc(CCl)cc2)C1. The van der Waals surface area contributed by atoms with Gasteiger partial charge in [0, 0.05) is 24.5 Å². The molecule has 1 unspecified atom stereocenters. The summed E-state index contributed by atoms with van der Waals surface area (Å²) in [5.74, 6) is 0.434. The van der Waals surface area contributed by atoms with Crippen LogP contribution in [-0.4, -0.2) is 34.6 Å². The van der Waals surface area contributed by atoms with Crippen LogP contribution in [0.15, 0.2) is 24.3 Å². The van der Waals surface area contributed by atoms with Crippen LogP contribution in [0.4, 0.5) is 0 Å². The van der Waals surface area contributed by atoms with Crippen molar-refractivity contribution in [2.45, 2.75) is 31.2 Å². The summed E-state index contributed by atoms with van der Waals surface area (Å²) in [6, 6.07) is 7.32. The third-order valence-corrected chi connectivity index (χ3v) is 3.63. The van der Waals surface area contributed by atoms with Gasteiger partial charge in [-0.25, -0.2) is 0 Å². The number of likely N-dealkylation sites (tertiary alicyclic amines) is 1. The molecule has 1 amide bonds. The lowest BCUT2D eigenvalue weighted by molar-refractivity contribution is -0.0107. The molecule has 3 nitrogen and oxygen atoms in total. The molecule has 0 aliphatic carbocycles. The predicted molar refractivity (Wildman–Crippen MR) is 71.8 cm³/mol. The number of carbonyl (C=O) groups excluding carboxylic acids is 1. The van der Waals surface area contributed by atoms with Crippen LogP contribution in [0.2, 0.25) is 0 Å². The molecular weight excluding hydrogens is 250 g/mol. The molecule has 0 aromatic heterocycles. The Morgan fingerprint density at radius 2 is 2.11 bits per heavy atom. The molecule has 1 saturated heterocycles. The second kappa shape index (κ2) is 5.29. The van der Waals surface area contributed by atoms with Crippen molar-refractivity contribution in [3.8, 4) is 0 Å². The Labute approximate surface area is 112 Å². The van der Waals surface area contributed by atoms with Gasteiger partial charge in [0.15, 0.2) is 0 Å². The van der Waals surface area contributed by atoms with Crippen LogP contribution in [0.3, 0.4) is 0 Å². The fourth-order valence-electron chi connectivity index (χ4n) is 2.31. The molecule has 1 aromatic rings. The summed E-state index contributed by atoms with van der Waals surface area (Å²) in [5.41, 5.74) is 0.893. The molecule has 0 bridgehead atoms. The van der Waals surface area contributed by atoms with E-state index in [2.05, 4.69) is 0 Å². The Morgan fingerprint density at radius 3 is 2.67 bits per heavy atom. The van der Waals surface area contributed by atoms with E-state index in [-0.39, 0.29) is 5.91 Å². The van der Waals surface area contributed by atoms with Crippen LogP contribution < -0.4 is 0 Å². The fourth-order valence-corrected chi connectivity index (χ4v) is 2.49. The number of aliphatic hydroxyl groups is 1. The van der Waals surface area contributed by atoms with Crippen molar-refractivity contribution in [2.24, 2.45) is 0 Å². The molecule has 2 rings (SSSR count). The Bertz CT molecular complexity index is 428. The van der Waals surface area contributed by atoms with Crippen molar-refractivity contribution in [3.05, 3.63) is 35.4 Å². The van der Waals surface area contributed by atoms with E-state index >= 15 is 0 Å². The number of hydrogen-bond acceptors (Lipinski definition) is 2. The number of amides is 1. The summed E-state index contributed by atoms with van der Waals surface area (Å²) in [6.07, 6.45) is 1.60. The molecule has 0 saturated carbocycles. The second-order valence-electron chi connectivity index (χ2n) is 5.16. The second-order valence-corrected chi connectivity index (χ2v) is 5.43. The molecule has 1 atom stereocenters. The van der Waals surface area contributed by atoms with Crippen LogP contribution in [-0.2, 0) is 5.88 Å². The van der Waals surface area contributed by atoms with Crippen molar-refractivity contribution < 1.29 is 9.90 Å². The van der Waals surface area contributed by atoms with Crippen molar-refractivity contribution >= 4 is 17.5 Å². The van der Waals surface area contributed by atoms with Crippen molar-refractivity contribution in [2.75, 3.05) is 13.1 Å². The fraction of sp³-hybridized carbons (Fsp3) is 0.500. The molecule has 0 radical (unpaired) electrons. The van der Waals surface area contributed by atoms with Gasteiger partial charge < -0.3 is 10.0 Å². The number of nitrogens with zero attached hydrogens (tertiary/aromatic N) is 1. The number of halogens is 1. The number of benzene rings is 1.